The van der Waals surface area contributed by atoms with Gasteiger partial charge in [-0.3, -0.25) is 4.79 Å². The van der Waals surface area contributed by atoms with Crippen LogP contribution in [0.25, 0.3) is 10.9 Å². The van der Waals surface area contributed by atoms with E-state index in [9.17, 15) is 4.79 Å². The molecule has 1 aliphatic heterocycles. The number of rotatable bonds is 2. The lowest BCUT2D eigenvalue weighted by molar-refractivity contribution is -0.117. The second kappa shape index (κ2) is 4.38. The molecule has 0 fully saturated rings. The van der Waals surface area contributed by atoms with Crippen LogP contribution in [0.5, 0.6) is 5.75 Å². The Labute approximate surface area is 122 Å². The molecule has 4 heteroatoms. The molecule has 4 nitrogen and oxygen atoms in total. The molecule has 1 N–H and O–H groups in total. The minimum atomic E-state index is -0.328. The van der Waals surface area contributed by atoms with Crippen LogP contribution in [0.3, 0.4) is 0 Å². The number of nitrogens with one attached hydrogen (secondary N) is 1. The number of methoxy groups -OCH3 is 1. The van der Waals surface area contributed by atoms with Crippen molar-refractivity contribution in [3.63, 3.8) is 0 Å². The van der Waals surface area contributed by atoms with E-state index in [1.165, 1.54) is 0 Å². The SMILES string of the molecule is COc1ccc2ccn(C3C(=O)Nc4ccccc43)c2c1. The summed E-state index contributed by atoms with van der Waals surface area (Å²) in [6.07, 6.45) is 1.95. The van der Waals surface area contributed by atoms with E-state index >= 15 is 0 Å². The van der Waals surface area contributed by atoms with E-state index in [0.717, 1.165) is 27.9 Å². The molecule has 0 saturated carbocycles. The van der Waals surface area contributed by atoms with Crippen LogP contribution in [0, 0.1) is 0 Å². The highest BCUT2D eigenvalue weighted by Crippen LogP contribution is 2.36. The standard InChI is InChI=1S/C17H14N2O2/c1-21-12-7-6-11-8-9-19(15(11)10-12)16-13-4-2-3-5-14(13)18-17(16)20/h2-10,16H,1H3,(H,18,20). The van der Waals surface area contributed by atoms with Gasteiger partial charge in [0, 0.05) is 23.5 Å². The zero-order chi connectivity index (χ0) is 14.4. The monoisotopic (exact) mass is 278 g/mol. The summed E-state index contributed by atoms with van der Waals surface area (Å²) in [4.78, 5) is 12.4. The molecule has 0 saturated heterocycles. The Morgan fingerprint density at radius 2 is 2.00 bits per heavy atom. The third-order valence-electron chi connectivity index (χ3n) is 3.97. The van der Waals surface area contributed by atoms with E-state index in [2.05, 4.69) is 5.32 Å². The molecule has 1 amide bonds. The zero-order valence-electron chi connectivity index (χ0n) is 11.5. The minimum absolute atomic E-state index is 0.00322. The summed E-state index contributed by atoms with van der Waals surface area (Å²) in [5.41, 5.74) is 2.88. The van der Waals surface area contributed by atoms with Gasteiger partial charge < -0.3 is 14.6 Å². The van der Waals surface area contributed by atoms with Gasteiger partial charge in [-0.1, -0.05) is 18.2 Å². The van der Waals surface area contributed by atoms with Crippen molar-refractivity contribution in [2.24, 2.45) is 0 Å². The van der Waals surface area contributed by atoms with E-state index in [-0.39, 0.29) is 11.9 Å². The van der Waals surface area contributed by atoms with Crippen LogP contribution >= 0.6 is 0 Å². The first-order valence-corrected chi connectivity index (χ1v) is 6.82. The number of fused-ring (bicyclic) bond motifs is 2. The molecule has 1 unspecified atom stereocenters. The fraction of sp³-hybridized carbons (Fsp3) is 0.118. The molecule has 4 rings (SSSR count). The number of carbonyl (C=O) groups excluding carboxylic acids is 1. The van der Waals surface area contributed by atoms with Gasteiger partial charge in [0.15, 0.2) is 0 Å². The van der Waals surface area contributed by atoms with Crippen molar-refractivity contribution in [1.82, 2.24) is 4.57 Å². The molecule has 1 aliphatic rings. The Hall–Kier alpha value is -2.75. The molecular formula is C17H14N2O2. The van der Waals surface area contributed by atoms with Crippen LogP contribution in [0.4, 0.5) is 5.69 Å². The Morgan fingerprint density at radius 1 is 1.14 bits per heavy atom. The third kappa shape index (κ3) is 1.72. The average molecular weight is 278 g/mol. The molecule has 1 aromatic heterocycles. The molecule has 104 valence electrons. The summed E-state index contributed by atoms with van der Waals surface area (Å²) in [5.74, 6) is 0.783. The number of ether oxygens (including phenoxy) is 1. The van der Waals surface area contributed by atoms with E-state index in [1.54, 1.807) is 7.11 Å². The Morgan fingerprint density at radius 3 is 2.86 bits per heavy atom. The Bertz CT molecular complexity index is 851. The third-order valence-corrected chi connectivity index (χ3v) is 3.97. The Kier molecular flexibility index (Phi) is 2.51. The van der Waals surface area contributed by atoms with Gasteiger partial charge in [0.05, 0.1) is 12.6 Å². The van der Waals surface area contributed by atoms with E-state index in [1.807, 2.05) is 59.3 Å². The van der Waals surface area contributed by atoms with Crippen molar-refractivity contribution >= 4 is 22.5 Å². The van der Waals surface area contributed by atoms with Crippen LogP contribution < -0.4 is 10.1 Å². The first-order chi connectivity index (χ1) is 10.3. The van der Waals surface area contributed by atoms with E-state index < -0.39 is 0 Å². The van der Waals surface area contributed by atoms with E-state index in [4.69, 9.17) is 4.74 Å². The fourth-order valence-corrected chi connectivity index (χ4v) is 2.95. The summed E-state index contributed by atoms with van der Waals surface area (Å²) < 4.78 is 7.29. The molecule has 21 heavy (non-hydrogen) atoms. The largest absolute Gasteiger partial charge is 0.497 e. The number of hydrogen-bond acceptors (Lipinski definition) is 2. The van der Waals surface area contributed by atoms with Gasteiger partial charge in [0.2, 0.25) is 0 Å². The normalized spacial score (nSPS) is 16.8. The first kappa shape index (κ1) is 12.0. The van der Waals surface area contributed by atoms with Crippen LogP contribution in [0.15, 0.2) is 54.7 Å². The average Bonchev–Trinajstić information content (AvgIpc) is 3.06. The molecule has 0 radical (unpaired) electrons. The maximum atomic E-state index is 12.4. The summed E-state index contributed by atoms with van der Waals surface area (Å²) in [7, 11) is 1.64. The number of amides is 1. The highest BCUT2D eigenvalue weighted by atomic mass is 16.5. The van der Waals surface area contributed by atoms with Crippen molar-refractivity contribution in [2.45, 2.75) is 6.04 Å². The maximum absolute atomic E-state index is 12.4. The number of para-hydroxylation sites is 1. The number of hydrogen-bond donors (Lipinski definition) is 1. The van der Waals surface area contributed by atoms with Crippen molar-refractivity contribution in [2.75, 3.05) is 12.4 Å². The topological polar surface area (TPSA) is 43.3 Å². The van der Waals surface area contributed by atoms with Gasteiger partial charge >= 0.3 is 0 Å². The first-order valence-electron chi connectivity index (χ1n) is 6.82. The van der Waals surface area contributed by atoms with Crippen LogP contribution in [0.2, 0.25) is 0 Å². The molecule has 0 spiro atoms. The summed E-state index contributed by atoms with van der Waals surface area (Å²) in [5, 5.41) is 4.03. The lowest BCUT2D eigenvalue weighted by Gasteiger charge is -2.13. The molecule has 2 heterocycles. The van der Waals surface area contributed by atoms with Crippen LogP contribution in [-0.2, 0) is 4.79 Å². The summed E-state index contributed by atoms with van der Waals surface area (Å²) in [6.45, 7) is 0. The number of anilines is 1. The second-order valence-corrected chi connectivity index (χ2v) is 5.13. The summed E-state index contributed by atoms with van der Waals surface area (Å²) in [6, 6.07) is 15.4. The van der Waals surface area contributed by atoms with Crippen LogP contribution in [-0.4, -0.2) is 17.6 Å². The van der Waals surface area contributed by atoms with Crippen molar-refractivity contribution in [3.05, 3.63) is 60.3 Å². The second-order valence-electron chi connectivity index (χ2n) is 5.13. The molecule has 1 atom stereocenters. The van der Waals surface area contributed by atoms with Crippen molar-refractivity contribution in [3.8, 4) is 5.75 Å². The van der Waals surface area contributed by atoms with Gasteiger partial charge in [-0.05, 0) is 29.7 Å². The Balaban J connectivity index is 1.92. The van der Waals surface area contributed by atoms with Gasteiger partial charge in [-0.25, -0.2) is 0 Å². The lowest BCUT2D eigenvalue weighted by atomic mass is 10.1. The quantitative estimate of drug-likeness (QED) is 0.782. The highest BCUT2D eigenvalue weighted by Gasteiger charge is 2.32. The van der Waals surface area contributed by atoms with Gasteiger partial charge in [-0.2, -0.15) is 0 Å². The molecule has 0 bridgehead atoms. The number of carbonyl (C=O) groups is 1. The molecule has 3 aromatic rings. The summed E-state index contributed by atoms with van der Waals surface area (Å²) >= 11 is 0. The number of aromatic nitrogens is 1. The molecule has 0 aliphatic carbocycles. The highest BCUT2D eigenvalue weighted by molar-refractivity contribution is 6.03. The van der Waals surface area contributed by atoms with Gasteiger partial charge in [0.1, 0.15) is 11.8 Å². The van der Waals surface area contributed by atoms with Crippen LogP contribution in [0.1, 0.15) is 11.6 Å². The predicted octanol–water partition coefficient (Wildman–Crippen LogP) is 3.19. The predicted molar refractivity (Wildman–Crippen MR) is 81.7 cm³/mol. The molecular weight excluding hydrogens is 264 g/mol. The lowest BCUT2D eigenvalue weighted by Crippen LogP contribution is -2.18. The van der Waals surface area contributed by atoms with Crippen molar-refractivity contribution < 1.29 is 9.53 Å². The smallest absolute Gasteiger partial charge is 0.252 e. The van der Waals surface area contributed by atoms with E-state index in [0.29, 0.717) is 0 Å². The fourth-order valence-electron chi connectivity index (χ4n) is 2.95. The molecule has 2 aromatic carbocycles. The van der Waals surface area contributed by atoms with Crippen molar-refractivity contribution in [1.29, 1.82) is 0 Å². The number of nitrogens with zero attached hydrogens (tertiary/aromatic N) is 1. The zero-order valence-corrected chi connectivity index (χ0v) is 11.5. The van der Waals surface area contributed by atoms with Gasteiger partial charge in [-0.15, -0.1) is 0 Å². The maximum Gasteiger partial charge on any atom is 0.252 e. The number of benzene rings is 2. The minimum Gasteiger partial charge on any atom is -0.497 e. The van der Waals surface area contributed by atoms with Gasteiger partial charge in [0.25, 0.3) is 5.91 Å².